The van der Waals surface area contributed by atoms with Gasteiger partial charge in [0.1, 0.15) is 0 Å². The first kappa shape index (κ1) is 9.97. The summed E-state index contributed by atoms with van der Waals surface area (Å²) in [5.41, 5.74) is 0. The third kappa shape index (κ3) is 2.27. The van der Waals surface area contributed by atoms with Crippen LogP contribution in [0.1, 0.15) is 32.6 Å². The summed E-state index contributed by atoms with van der Waals surface area (Å²) in [7, 11) is 0. The van der Waals surface area contributed by atoms with Crippen LogP contribution in [0.15, 0.2) is 0 Å². The second kappa shape index (κ2) is 3.89. The molecule has 2 fully saturated rings. The summed E-state index contributed by atoms with van der Waals surface area (Å²) in [5, 5.41) is 11.9. The maximum atomic E-state index is 11.6. The van der Waals surface area contributed by atoms with Crippen LogP contribution in [0.3, 0.4) is 0 Å². The minimum absolute atomic E-state index is 0.206. The van der Waals surface area contributed by atoms with E-state index in [0.29, 0.717) is 13.0 Å². The number of nitrogens with one attached hydrogen (secondary N) is 1. The summed E-state index contributed by atoms with van der Waals surface area (Å²) in [4.78, 5) is 11.6. The zero-order valence-electron chi connectivity index (χ0n) is 8.70. The largest absolute Gasteiger partial charge is 0.393 e. The molecule has 0 radical (unpaired) electrons. The van der Waals surface area contributed by atoms with Gasteiger partial charge in [-0.1, -0.05) is 0 Å². The standard InChI is InChI=1S/C11H19NO2/c1-7(13)2-3-12-11(14)10-5-8-4-9(8)6-10/h7-10,13H,2-6H2,1H3,(H,12,14). The summed E-state index contributed by atoms with van der Waals surface area (Å²) >= 11 is 0. The van der Waals surface area contributed by atoms with Crippen LogP contribution in [0.4, 0.5) is 0 Å². The maximum absolute atomic E-state index is 11.6. The van der Waals surface area contributed by atoms with Gasteiger partial charge in [-0.2, -0.15) is 0 Å². The molecule has 0 heterocycles. The van der Waals surface area contributed by atoms with Gasteiger partial charge in [-0.3, -0.25) is 4.79 Å². The normalized spacial score (nSPS) is 36.3. The van der Waals surface area contributed by atoms with Crippen LogP contribution in [0.5, 0.6) is 0 Å². The highest BCUT2D eigenvalue weighted by molar-refractivity contribution is 5.79. The Bertz CT molecular complexity index is 217. The van der Waals surface area contributed by atoms with E-state index in [4.69, 9.17) is 5.11 Å². The van der Waals surface area contributed by atoms with Crippen molar-refractivity contribution in [3.8, 4) is 0 Å². The number of amides is 1. The van der Waals surface area contributed by atoms with Gasteiger partial charge in [0.25, 0.3) is 0 Å². The van der Waals surface area contributed by atoms with Crippen LogP contribution < -0.4 is 5.32 Å². The second-order valence-corrected chi connectivity index (χ2v) is 4.85. The van der Waals surface area contributed by atoms with E-state index in [-0.39, 0.29) is 17.9 Å². The predicted molar refractivity (Wildman–Crippen MR) is 53.6 cm³/mol. The van der Waals surface area contributed by atoms with Crippen LogP contribution in [-0.4, -0.2) is 23.7 Å². The Hall–Kier alpha value is -0.570. The van der Waals surface area contributed by atoms with Gasteiger partial charge in [0.05, 0.1) is 6.10 Å². The van der Waals surface area contributed by atoms with Gasteiger partial charge in [-0.25, -0.2) is 0 Å². The van der Waals surface area contributed by atoms with E-state index in [0.717, 1.165) is 24.7 Å². The first-order valence-electron chi connectivity index (χ1n) is 5.62. The highest BCUT2D eigenvalue weighted by atomic mass is 16.3. The number of fused-ring (bicyclic) bond motifs is 1. The molecule has 3 nitrogen and oxygen atoms in total. The highest BCUT2D eigenvalue weighted by Crippen LogP contribution is 2.54. The summed E-state index contributed by atoms with van der Waals surface area (Å²) in [6.45, 7) is 2.36. The number of hydrogen-bond donors (Lipinski definition) is 2. The van der Waals surface area contributed by atoms with Crippen molar-refractivity contribution in [1.29, 1.82) is 0 Å². The van der Waals surface area contributed by atoms with Crippen LogP contribution in [-0.2, 0) is 4.79 Å². The van der Waals surface area contributed by atoms with Gasteiger partial charge in [-0.15, -0.1) is 0 Å². The van der Waals surface area contributed by atoms with Crippen molar-refractivity contribution in [3.05, 3.63) is 0 Å². The van der Waals surface area contributed by atoms with Gasteiger partial charge in [-0.05, 0) is 44.4 Å². The fourth-order valence-corrected chi connectivity index (χ4v) is 2.48. The minimum Gasteiger partial charge on any atom is -0.393 e. The quantitative estimate of drug-likeness (QED) is 0.704. The Balaban J connectivity index is 1.63. The zero-order valence-corrected chi connectivity index (χ0v) is 8.70. The monoisotopic (exact) mass is 197 g/mol. The third-order valence-corrected chi connectivity index (χ3v) is 3.48. The average Bonchev–Trinajstić information content (AvgIpc) is 2.73. The molecule has 2 rings (SSSR count). The fraction of sp³-hybridized carbons (Fsp3) is 0.909. The molecule has 3 unspecified atom stereocenters. The van der Waals surface area contributed by atoms with Crippen LogP contribution >= 0.6 is 0 Å². The first-order chi connectivity index (χ1) is 6.66. The van der Waals surface area contributed by atoms with Crippen molar-refractivity contribution in [1.82, 2.24) is 5.32 Å². The Morgan fingerprint density at radius 1 is 1.43 bits per heavy atom. The van der Waals surface area contributed by atoms with E-state index >= 15 is 0 Å². The van der Waals surface area contributed by atoms with Crippen molar-refractivity contribution in [2.24, 2.45) is 17.8 Å². The van der Waals surface area contributed by atoms with Gasteiger partial charge in [0.2, 0.25) is 5.91 Å². The molecule has 0 bridgehead atoms. The summed E-state index contributed by atoms with van der Waals surface area (Å²) in [6, 6.07) is 0. The maximum Gasteiger partial charge on any atom is 0.223 e. The molecule has 2 aliphatic rings. The molecule has 1 amide bonds. The number of carbonyl (C=O) groups excluding carboxylic acids is 1. The zero-order chi connectivity index (χ0) is 10.1. The molecule has 0 aromatic heterocycles. The van der Waals surface area contributed by atoms with E-state index in [2.05, 4.69) is 5.32 Å². The third-order valence-electron chi connectivity index (χ3n) is 3.48. The number of hydrogen-bond acceptors (Lipinski definition) is 2. The van der Waals surface area contributed by atoms with Crippen LogP contribution in [0, 0.1) is 17.8 Å². The summed E-state index contributed by atoms with van der Waals surface area (Å²) in [5.74, 6) is 2.20. The molecule has 0 aliphatic heterocycles. The van der Waals surface area contributed by atoms with Gasteiger partial charge >= 0.3 is 0 Å². The Morgan fingerprint density at radius 3 is 2.64 bits per heavy atom. The van der Waals surface area contributed by atoms with Crippen molar-refractivity contribution in [3.63, 3.8) is 0 Å². The minimum atomic E-state index is -0.313. The lowest BCUT2D eigenvalue weighted by atomic mass is 10.0. The molecule has 0 aromatic carbocycles. The molecule has 0 aromatic rings. The van der Waals surface area contributed by atoms with Crippen molar-refractivity contribution in [2.45, 2.75) is 38.7 Å². The van der Waals surface area contributed by atoms with E-state index in [1.54, 1.807) is 6.92 Å². The molecule has 80 valence electrons. The lowest BCUT2D eigenvalue weighted by Gasteiger charge is -2.12. The molecule has 0 saturated heterocycles. The lowest BCUT2D eigenvalue weighted by Crippen LogP contribution is -2.32. The molecule has 2 N–H and O–H groups in total. The number of aliphatic hydroxyl groups is 1. The molecule has 0 spiro atoms. The van der Waals surface area contributed by atoms with Gasteiger partial charge < -0.3 is 10.4 Å². The predicted octanol–water partition coefficient (Wildman–Crippen LogP) is 0.920. The van der Waals surface area contributed by atoms with E-state index in [1.165, 1.54) is 6.42 Å². The van der Waals surface area contributed by atoms with Gasteiger partial charge in [0, 0.05) is 12.5 Å². The number of aliphatic hydroxyl groups excluding tert-OH is 1. The van der Waals surface area contributed by atoms with Crippen LogP contribution in [0.25, 0.3) is 0 Å². The van der Waals surface area contributed by atoms with Crippen molar-refractivity contribution >= 4 is 5.91 Å². The number of rotatable bonds is 4. The summed E-state index contributed by atoms with van der Waals surface area (Å²) < 4.78 is 0. The second-order valence-electron chi connectivity index (χ2n) is 4.85. The highest BCUT2D eigenvalue weighted by Gasteiger charge is 2.47. The smallest absolute Gasteiger partial charge is 0.223 e. The topological polar surface area (TPSA) is 49.3 Å². The van der Waals surface area contributed by atoms with E-state index in [9.17, 15) is 4.79 Å². The molecule has 2 saturated carbocycles. The van der Waals surface area contributed by atoms with E-state index < -0.39 is 0 Å². The fourth-order valence-electron chi connectivity index (χ4n) is 2.48. The molecule has 14 heavy (non-hydrogen) atoms. The van der Waals surface area contributed by atoms with Crippen molar-refractivity contribution < 1.29 is 9.90 Å². The molecule has 3 heteroatoms. The van der Waals surface area contributed by atoms with Crippen molar-refractivity contribution in [2.75, 3.05) is 6.54 Å². The number of carbonyl (C=O) groups is 1. The molecular weight excluding hydrogens is 178 g/mol. The first-order valence-corrected chi connectivity index (χ1v) is 5.62. The summed E-state index contributed by atoms with van der Waals surface area (Å²) in [6.07, 6.45) is 3.91. The molecular formula is C11H19NO2. The van der Waals surface area contributed by atoms with E-state index in [1.807, 2.05) is 0 Å². The van der Waals surface area contributed by atoms with Crippen LogP contribution in [0.2, 0.25) is 0 Å². The lowest BCUT2D eigenvalue weighted by molar-refractivity contribution is -0.125. The SMILES string of the molecule is CC(O)CCNC(=O)C1CC2CC2C1. The molecule has 3 atom stereocenters. The average molecular weight is 197 g/mol. The Labute approximate surface area is 84.9 Å². The van der Waals surface area contributed by atoms with Gasteiger partial charge in [0.15, 0.2) is 0 Å². The molecule has 2 aliphatic carbocycles. The Morgan fingerprint density at radius 2 is 2.07 bits per heavy atom. The Kier molecular flexibility index (Phi) is 2.77.